The van der Waals surface area contributed by atoms with Gasteiger partial charge in [0.25, 0.3) is 0 Å². The summed E-state index contributed by atoms with van der Waals surface area (Å²) in [6.45, 7) is -0.121. The molecule has 0 unspecified atom stereocenters. The second-order valence-corrected chi connectivity index (χ2v) is 3.33. The van der Waals surface area contributed by atoms with Gasteiger partial charge in [-0.05, 0) is 23.8 Å². The molecular formula is C13H10N2O4. The Morgan fingerprint density at radius 1 is 1.42 bits per heavy atom. The monoisotopic (exact) mass is 258 g/mol. The van der Waals surface area contributed by atoms with E-state index in [1.165, 1.54) is 19.3 Å². The van der Waals surface area contributed by atoms with E-state index in [1.54, 1.807) is 18.2 Å². The van der Waals surface area contributed by atoms with Crippen LogP contribution in [0.4, 0.5) is 0 Å². The lowest BCUT2D eigenvalue weighted by atomic mass is 10.1. The number of methoxy groups -OCH3 is 1. The number of carbonyl (C=O) groups is 1. The molecule has 1 rings (SSSR count). The summed E-state index contributed by atoms with van der Waals surface area (Å²) in [5, 5.41) is 25.8. The zero-order chi connectivity index (χ0) is 14.3. The van der Waals surface area contributed by atoms with Crippen molar-refractivity contribution in [1.82, 2.24) is 0 Å². The summed E-state index contributed by atoms with van der Waals surface area (Å²) in [4.78, 5) is 10.7. The lowest BCUT2D eigenvalue weighted by molar-refractivity contribution is -0.132. The SMILES string of the molecule is COc1cc(/C=C(\C#N)C(=O)O)ccc1OCC#N. The Kier molecular flexibility index (Phi) is 4.94. The zero-order valence-electron chi connectivity index (χ0n) is 10.1. The average molecular weight is 258 g/mol. The number of benzene rings is 1. The summed E-state index contributed by atoms with van der Waals surface area (Å²) in [6, 6.07) is 8.04. The summed E-state index contributed by atoms with van der Waals surface area (Å²) >= 11 is 0. The molecule has 0 fully saturated rings. The van der Waals surface area contributed by atoms with E-state index in [1.807, 2.05) is 6.07 Å². The molecular weight excluding hydrogens is 248 g/mol. The van der Waals surface area contributed by atoms with Crippen molar-refractivity contribution in [3.05, 3.63) is 29.3 Å². The second kappa shape index (κ2) is 6.67. The first-order valence-electron chi connectivity index (χ1n) is 5.15. The van der Waals surface area contributed by atoms with Crippen LogP contribution in [0.3, 0.4) is 0 Å². The molecule has 0 aliphatic heterocycles. The van der Waals surface area contributed by atoms with Gasteiger partial charge in [-0.2, -0.15) is 10.5 Å². The van der Waals surface area contributed by atoms with Crippen molar-refractivity contribution >= 4 is 12.0 Å². The van der Waals surface area contributed by atoms with Crippen LogP contribution in [0.15, 0.2) is 23.8 Å². The molecule has 0 amide bonds. The lowest BCUT2D eigenvalue weighted by Gasteiger charge is -2.08. The predicted octanol–water partition coefficient (Wildman–Crippen LogP) is 1.59. The number of rotatable bonds is 5. The van der Waals surface area contributed by atoms with E-state index < -0.39 is 5.97 Å². The fourth-order valence-electron chi connectivity index (χ4n) is 1.31. The van der Waals surface area contributed by atoms with E-state index in [9.17, 15) is 4.79 Å². The second-order valence-electron chi connectivity index (χ2n) is 3.33. The smallest absolute Gasteiger partial charge is 0.346 e. The number of nitrogens with zero attached hydrogens (tertiary/aromatic N) is 2. The van der Waals surface area contributed by atoms with Gasteiger partial charge >= 0.3 is 5.97 Å². The standard InChI is InChI=1S/C13H10N2O4/c1-18-12-7-9(6-10(8-15)13(16)17)2-3-11(12)19-5-4-14/h2-3,6-7H,5H2,1H3,(H,16,17)/b10-6+. The van der Waals surface area contributed by atoms with Crippen LogP contribution in [0.2, 0.25) is 0 Å². The average Bonchev–Trinajstić information content (AvgIpc) is 2.42. The summed E-state index contributed by atoms with van der Waals surface area (Å²) in [5.74, 6) is -0.576. The molecule has 6 heteroatoms. The van der Waals surface area contributed by atoms with Gasteiger partial charge in [-0.25, -0.2) is 4.79 Å². The van der Waals surface area contributed by atoms with Crippen molar-refractivity contribution in [2.75, 3.05) is 13.7 Å². The van der Waals surface area contributed by atoms with Crippen LogP contribution in [0.5, 0.6) is 11.5 Å². The maximum absolute atomic E-state index is 10.7. The molecule has 19 heavy (non-hydrogen) atoms. The summed E-state index contributed by atoms with van der Waals surface area (Å²) in [5.41, 5.74) is 0.104. The molecule has 0 aromatic heterocycles. The molecule has 0 saturated carbocycles. The van der Waals surface area contributed by atoms with Gasteiger partial charge in [0, 0.05) is 0 Å². The number of hydrogen-bond donors (Lipinski definition) is 1. The Bertz CT molecular complexity index is 594. The molecule has 0 atom stereocenters. The van der Waals surface area contributed by atoms with Crippen molar-refractivity contribution in [2.45, 2.75) is 0 Å². The number of ether oxygens (including phenoxy) is 2. The first-order chi connectivity index (χ1) is 9.12. The van der Waals surface area contributed by atoms with E-state index in [0.29, 0.717) is 17.1 Å². The Balaban J connectivity index is 3.11. The molecule has 0 aliphatic rings. The van der Waals surface area contributed by atoms with Crippen LogP contribution < -0.4 is 9.47 Å². The zero-order valence-corrected chi connectivity index (χ0v) is 10.1. The minimum Gasteiger partial charge on any atom is -0.493 e. The molecule has 1 N–H and O–H groups in total. The molecule has 0 radical (unpaired) electrons. The number of hydrogen-bond acceptors (Lipinski definition) is 5. The van der Waals surface area contributed by atoms with Crippen molar-refractivity contribution in [3.8, 4) is 23.6 Å². The molecule has 0 bridgehead atoms. The first-order valence-corrected chi connectivity index (χ1v) is 5.15. The van der Waals surface area contributed by atoms with E-state index in [-0.39, 0.29) is 12.2 Å². The first kappa shape index (κ1) is 14.1. The van der Waals surface area contributed by atoms with Crippen LogP contribution in [-0.4, -0.2) is 24.8 Å². The third-order valence-electron chi connectivity index (χ3n) is 2.14. The maximum atomic E-state index is 10.7. The lowest BCUT2D eigenvalue weighted by Crippen LogP contribution is -1.99. The molecule has 1 aromatic rings. The van der Waals surface area contributed by atoms with Crippen molar-refractivity contribution in [1.29, 1.82) is 10.5 Å². The van der Waals surface area contributed by atoms with Gasteiger partial charge < -0.3 is 14.6 Å². The predicted molar refractivity (Wildman–Crippen MR) is 65.3 cm³/mol. The Morgan fingerprint density at radius 2 is 2.16 bits per heavy atom. The van der Waals surface area contributed by atoms with Crippen molar-refractivity contribution in [2.24, 2.45) is 0 Å². The summed E-state index contributed by atoms with van der Waals surface area (Å²) in [7, 11) is 1.42. The van der Waals surface area contributed by atoms with Gasteiger partial charge in [-0.3, -0.25) is 0 Å². The third kappa shape index (κ3) is 3.76. The minimum absolute atomic E-state index is 0.121. The van der Waals surface area contributed by atoms with Crippen LogP contribution in [0.25, 0.3) is 6.08 Å². The summed E-state index contributed by atoms with van der Waals surface area (Å²) in [6.07, 6.45) is 1.22. The fraction of sp³-hybridized carbons (Fsp3) is 0.154. The quantitative estimate of drug-likeness (QED) is 0.635. The number of carboxylic acids is 1. The minimum atomic E-state index is -1.30. The highest BCUT2D eigenvalue weighted by Gasteiger charge is 2.08. The van der Waals surface area contributed by atoms with Crippen LogP contribution in [0.1, 0.15) is 5.56 Å². The molecule has 0 heterocycles. The highest BCUT2D eigenvalue weighted by molar-refractivity contribution is 5.96. The van der Waals surface area contributed by atoms with E-state index in [2.05, 4.69) is 0 Å². The molecule has 0 aliphatic carbocycles. The van der Waals surface area contributed by atoms with Gasteiger partial charge in [0.05, 0.1) is 7.11 Å². The van der Waals surface area contributed by atoms with Gasteiger partial charge in [-0.1, -0.05) is 6.07 Å². The third-order valence-corrected chi connectivity index (χ3v) is 2.14. The molecule has 1 aromatic carbocycles. The van der Waals surface area contributed by atoms with Crippen LogP contribution >= 0.6 is 0 Å². The van der Waals surface area contributed by atoms with E-state index in [0.717, 1.165) is 0 Å². The normalized spacial score (nSPS) is 10.2. The van der Waals surface area contributed by atoms with Gasteiger partial charge in [0.2, 0.25) is 0 Å². The highest BCUT2D eigenvalue weighted by atomic mass is 16.5. The van der Waals surface area contributed by atoms with E-state index >= 15 is 0 Å². The van der Waals surface area contributed by atoms with Gasteiger partial charge in [0.15, 0.2) is 18.1 Å². The van der Waals surface area contributed by atoms with E-state index in [4.69, 9.17) is 25.1 Å². The van der Waals surface area contributed by atoms with Crippen molar-refractivity contribution in [3.63, 3.8) is 0 Å². The largest absolute Gasteiger partial charge is 0.493 e. The Morgan fingerprint density at radius 3 is 2.68 bits per heavy atom. The maximum Gasteiger partial charge on any atom is 0.346 e. The van der Waals surface area contributed by atoms with Crippen LogP contribution in [-0.2, 0) is 4.79 Å². The highest BCUT2D eigenvalue weighted by Crippen LogP contribution is 2.28. The van der Waals surface area contributed by atoms with Gasteiger partial charge in [0.1, 0.15) is 17.7 Å². The molecule has 6 nitrogen and oxygen atoms in total. The van der Waals surface area contributed by atoms with Crippen molar-refractivity contribution < 1.29 is 19.4 Å². The Hall–Kier alpha value is -2.99. The molecule has 0 spiro atoms. The number of nitriles is 2. The molecule has 96 valence electrons. The number of carboxylic acid groups (broad SMARTS) is 1. The molecule has 0 saturated heterocycles. The Labute approximate surface area is 109 Å². The fourth-order valence-corrected chi connectivity index (χ4v) is 1.31. The topological polar surface area (TPSA) is 103 Å². The summed E-state index contributed by atoms with van der Waals surface area (Å²) < 4.78 is 10.2. The van der Waals surface area contributed by atoms with Gasteiger partial charge in [-0.15, -0.1) is 0 Å². The number of aliphatic carboxylic acids is 1. The van der Waals surface area contributed by atoms with Crippen LogP contribution in [0, 0.1) is 22.7 Å².